The lowest BCUT2D eigenvalue weighted by Crippen LogP contribution is -2.53. The van der Waals surface area contributed by atoms with Crippen molar-refractivity contribution in [2.24, 2.45) is 0 Å². The van der Waals surface area contributed by atoms with Crippen molar-refractivity contribution in [2.45, 2.75) is 55.8 Å². The number of anilines is 1. The lowest BCUT2D eigenvalue weighted by atomic mass is 9.91. The molecule has 7 nitrogen and oxygen atoms in total. The fourth-order valence-electron chi connectivity index (χ4n) is 4.33. The van der Waals surface area contributed by atoms with Crippen LogP contribution in [0.15, 0.2) is 30.3 Å². The highest BCUT2D eigenvalue weighted by atomic mass is 32.2. The van der Waals surface area contributed by atoms with E-state index in [4.69, 9.17) is 4.74 Å². The van der Waals surface area contributed by atoms with Gasteiger partial charge in [0.25, 0.3) is 5.91 Å². The Balaban J connectivity index is 1.48. The first-order valence-electron chi connectivity index (χ1n) is 9.56. The first-order chi connectivity index (χ1) is 12.9. The molecular weight excluding hydrogens is 368 g/mol. The summed E-state index contributed by atoms with van der Waals surface area (Å²) < 4.78 is 32.8. The normalized spacial score (nSPS) is 24.4. The zero-order valence-electron chi connectivity index (χ0n) is 15.2. The summed E-state index contributed by atoms with van der Waals surface area (Å²) in [5.41, 5.74) is -0.771. The molecule has 146 valence electrons. The molecule has 3 fully saturated rings. The Morgan fingerprint density at radius 3 is 2.22 bits per heavy atom. The van der Waals surface area contributed by atoms with Crippen LogP contribution in [0, 0.1) is 0 Å². The number of sulfonamides is 1. The van der Waals surface area contributed by atoms with E-state index in [1.807, 2.05) is 0 Å². The van der Waals surface area contributed by atoms with E-state index in [1.54, 1.807) is 30.3 Å². The first kappa shape index (κ1) is 18.4. The van der Waals surface area contributed by atoms with Gasteiger partial charge in [-0.1, -0.05) is 37.5 Å². The van der Waals surface area contributed by atoms with Crippen molar-refractivity contribution < 1.29 is 22.7 Å². The van der Waals surface area contributed by atoms with Crippen molar-refractivity contribution in [1.29, 1.82) is 0 Å². The van der Waals surface area contributed by atoms with Gasteiger partial charge in [-0.05, 0) is 25.0 Å². The number of carbonyl (C=O) groups is 2. The smallest absolute Gasteiger partial charge is 0.422 e. The molecule has 0 aromatic heterocycles. The summed E-state index contributed by atoms with van der Waals surface area (Å²) in [6.45, 7) is 0.418. The van der Waals surface area contributed by atoms with Crippen LogP contribution >= 0.6 is 0 Å². The highest BCUT2D eigenvalue weighted by molar-refractivity contribution is 7.89. The third-order valence-corrected chi connectivity index (χ3v) is 8.33. The Morgan fingerprint density at radius 1 is 0.963 bits per heavy atom. The van der Waals surface area contributed by atoms with E-state index >= 15 is 0 Å². The minimum Gasteiger partial charge on any atom is -0.432 e. The van der Waals surface area contributed by atoms with Gasteiger partial charge in [-0.15, -0.1) is 0 Å². The van der Waals surface area contributed by atoms with Crippen molar-refractivity contribution in [3.63, 3.8) is 0 Å². The number of carbonyl (C=O) groups excluding carboxylic acids is 2. The molecule has 2 saturated heterocycles. The Labute approximate surface area is 159 Å². The van der Waals surface area contributed by atoms with Crippen LogP contribution < -0.4 is 4.90 Å². The van der Waals surface area contributed by atoms with Crippen molar-refractivity contribution in [3.8, 4) is 0 Å². The van der Waals surface area contributed by atoms with E-state index in [0.29, 0.717) is 18.5 Å². The molecule has 0 unspecified atom stereocenters. The van der Waals surface area contributed by atoms with Gasteiger partial charge >= 0.3 is 6.09 Å². The Hall–Kier alpha value is -1.93. The number of hydrogen-bond donors (Lipinski definition) is 0. The third-order valence-electron chi connectivity index (χ3n) is 5.94. The quantitative estimate of drug-likeness (QED) is 0.790. The number of imide groups is 1. The fraction of sp³-hybridized carbons (Fsp3) is 0.579. The van der Waals surface area contributed by atoms with Gasteiger partial charge in [-0.3, -0.25) is 4.79 Å². The summed E-state index contributed by atoms with van der Waals surface area (Å²) in [6.07, 6.45) is 4.12. The molecule has 2 heterocycles. The molecular formula is C19H24N2O5S. The lowest BCUT2D eigenvalue weighted by Gasteiger charge is -2.37. The third kappa shape index (κ3) is 3.14. The molecule has 1 saturated carbocycles. The maximum atomic E-state index is 13.0. The number of amides is 2. The van der Waals surface area contributed by atoms with Crippen LogP contribution in [0.5, 0.6) is 0 Å². The highest BCUT2D eigenvalue weighted by Crippen LogP contribution is 2.38. The number of benzene rings is 1. The Bertz CT molecular complexity index is 825. The lowest BCUT2D eigenvalue weighted by molar-refractivity contribution is -0.132. The maximum Gasteiger partial charge on any atom is 0.422 e. The predicted octanol–water partition coefficient (Wildman–Crippen LogP) is 2.67. The second-order valence-electron chi connectivity index (χ2n) is 7.54. The molecule has 1 aromatic rings. The Kier molecular flexibility index (Phi) is 4.71. The van der Waals surface area contributed by atoms with Crippen LogP contribution in [0.2, 0.25) is 0 Å². The molecule has 1 aromatic carbocycles. The second kappa shape index (κ2) is 6.91. The molecule has 0 bridgehead atoms. The molecule has 3 aliphatic rings. The first-order valence-corrected chi connectivity index (χ1v) is 11.1. The molecule has 2 amide bonds. The summed E-state index contributed by atoms with van der Waals surface area (Å²) in [6, 6.07) is 8.67. The van der Waals surface area contributed by atoms with E-state index in [-0.39, 0.29) is 31.2 Å². The van der Waals surface area contributed by atoms with Gasteiger partial charge in [0.1, 0.15) is 0 Å². The van der Waals surface area contributed by atoms with Crippen molar-refractivity contribution in [1.82, 2.24) is 4.31 Å². The highest BCUT2D eigenvalue weighted by Gasteiger charge is 2.56. The number of nitrogens with zero attached hydrogens (tertiary/aromatic N) is 2. The van der Waals surface area contributed by atoms with E-state index in [2.05, 4.69) is 0 Å². The number of ether oxygens (including phenoxy) is 1. The van der Waals surface area contributed by atoms with Gasteiger partial charge in [0, 0.05) is 25.9 Å². The molecule has 0 N–H and O–H groups in total. The van der Waals surface area contributed by atoms with Gasteiger partial charge in [-0.25, -0.2) is 22.4 Å². The molecule has 1 aliphatic carbocycles. The van der Waals surface area contributed by atoms with E-state index < -0.39 is 27.6 Å². The zero-order valence-corrected chi connectivity index (χ0v) is 16.0. The minimum atomic E-state index is -3.36. The average molecular weight is 392 g/mol. The monoisotopic (exact) mass is 392 g/mol. The maximum absolute atomic E-state index is 13.0. The van der Waals surface area contributed by atoms with Crippen molar-refractivity contribution >= 4 is 27.7 Å². The van der Waals surface area contributed by atoms with Gasteiger partial charge in [0.2, 0.25) is 10.0 Å². The number of piperidine rings is 1. The largest absolute Gasteiger partial charge is 0.432 e. The molecule has 1 spiro atoms. The van der Waals surface area contributed by atoms with Gasteiger partial charge in [0.05, 0.1) is 10.9 Å². The molecule has 4 rings (SSSR count). The molecule has 2 aliphatic heterocycles. The molecule has 8 heteroatoms. The average Bonchev–Trinajstić information content (AvgIpc) is 2.93. The van der Waals surface area contributed by atoms with Crippen LogP contribution in [0.4, 0.5) is 10.5 Å². The molecule has 0 radical (unpaired) electrons. The van der Waals surface area contributed by atoms with Gasteiger partial charge < -0.3 is 4.74 Å². The van der Waals surface area contributed by atoms with Crippen LogP contribution in [-0.2, 0) is 19.6 Å². The van der Waals surface area contributed by atoms with Gasteiger partial charge in [-0.2, -0.15) is 0 Å². The fourth-order valence-corrected chi connectivity index (χ4v) is 6.38. The van der Waals surface area contributed by atoms with Crippen LogP contribution in [0.25, 0.3) is 0 Å². The van der Waals surface area contributed by atoms with Crippen LogP contribution in [0.3, 0.4) is 0 Å². The number of para-hydroxylation sites is 1. The summed E-state index contributed by atoms with van der Waals surface area (Å²) in [4.78, 5) is 26.4. The van der Waals surface area contributed by atoms with Crippen LogP contribution in [-0.4, -0.2) is 48.7 Å². The van der Waals surface area contributed by atoms with Crippen molar-refractivity contribution in [2.75, 3.05) is 18.0 Å². The molecule has 27 heavy (non-hydrogen) atoms. The van der Waals surface area contributed by atoms with E-state index in [9.17, 15) is 18.0 Å². The minimum absolute atomic E-state index is 0.201. The van der Waals surface area contributed by atoms with E-state index in [0.717, 1.165) is 24.2 Å². The zero-order chi connectivity index (χ0) is 19.1. The summed E-state index contributed by atoms with van der Waals surface area (Å²) in [7, 11) is -3.36. The Morgan fingerprint density at radius 2 is 1.59 bits per heavy atom. The summed E-state index contributed by atoms with van der Waals surface area (Å²) in [5, 5.41) is -0.317. The standard InChI is InChI=1S/C19H24N2O5S/c22-17-19(26-18(23)21(17)15-7-3-1-4-8-15)11-13-20(14-12-19)27(24,25)16-9-5-2-6-10-16/h1,3-4,7-8,16H,2,5-6,9-14H2. The van der Waals surface area contributed by atoms with E-state index in [1.165, 1.54) is 4.31 Å². The number of rotatable bonds is 3. The molecule has 0 atom stereocenters. The number of hydrogen-bond acceptors (Lipinski definition) is 5. The topological polar surface area (TPSA) is 84.0 Å². The second-order valence-corrected chi connectivity index (χ2v) is 9.76. The summed E-state index contributed by atoms with van der Waals surface area (Å²) >= 11 is 0. The summed E-state index contributed by atoms with van der Waals surface area (Å²) in [5.74, 6) is -0.395. The van der Waals surface area contributed by atoms with Crippen LogP contribution in [0.1, 0.15) is 44.9 Å². The van der Waals surface area contributed by atoms with Gasteiger partial charge in [0.15, 0.2) is 5.60 Å². The van der Waals surface area contributed by atoms with Crippen molar-refractivity contribution in [3.05, 3.63) is 30.3 Å². The predicted molar refractivity (Wildman–Crippen MR) is 99.7 cm³/mol. The SMILES string of the molecule is O=C1OC2(CCN(S(=O)(=O)C3CCCCC3)CC2)C(=O)N1c1ccccc1.